The topological polar surface area (TPSA) is 38.1 Å². The van der Waals surface area contributed by atoms with Gasteiger partial charge in [-0.05, 0) is 25.0 Å². The fourth-order valence-electron chi connectivity index (χ4n) is 2.43. The minimum atomic E-state index is -0.0169. The zero-order valence-electron chi connectivity index (χ0n) is 10.3. The van der Waals surface area contributed by atoms with Gasteiger partial charge in [-0.1, -0.05) is 18.2 Å². The SMILES string of the molecule is CCn1ccnc(N2CCc3ccccc32)c1=O. The summed E-state index contributed by atoms with van der Waals surface area (Å²) in [4.78, 5) is 18.5. The van der Waals surface area contributed by atoms with Crippen LogP contribution < -0.4 is 10.5 Å². The Bertz CT molecular complexity index is 633. The Morgan fingerprint density at radius 3 is 3.00 bits per heavy atom. The van der Waals surface area contributed by atoms with E-state index >= 15 is 0 Å². The van der Waals surface area contributed by atoms with E-state index in [-0.39, 0.29) is 5.56 Å². The van der Waals surface area contributed by atoms with Gasteiger partial charge in [-0.2, -0.15) is 0 Å². The molecule has 0 radical (unpaired) electrons. The number of benzene rings is 1. The first-order valence-electron chi connectivity index (χ1n) is 6.22. The minimum Gasteiger partial charge on any atom is -0.321 e. The van der Waals surface area contributed by atoms with Crippen molar-refractivity contribution in [1.82, 2.24) is 9.55 Å². The molecule has 18 heavy (non-hydrogen) atoms. The van der Waals surface area contributed by atoms with E-state index in [4.69, 9.17) is 0 Å². The zero-order valence-corrected chi connectivity index (χ0v) is 10.3. The van der Waals surface area contributed by atoms with Gasteiger partial charge in [-0.15, -0.1) is 0 Å². The average Bonchev–Trinajstić information content (AvgIpc) is 2.83. The standard InChI is InChI=1S/C14H15N3O/c1-2-16-10-8-15-13(14(16)18)17-9-7-11-5-3-4-6-12(11)17/h3-6,8,10H,2,7,9H2,1H3. The third kappa shape index (κ3) is 1.61. The molecule has 4 nitrogen and oxygen atoms in total. The van der Waals surface area contributed by atoms with Crippen molar-refractivity contribution in [1.29, 1.82) is 0 Å². The lowest BCUT2D eigenvalue weighted by atomic mass is 10.2. The summed E-state index contributed by atoms with van der Waals surface area (Å²) in [7, 11) is 0. The molecule has 1 aromatic heterocycles. The summed E-state index contributed by atoms with van der Waals surface area (Å²) >= 11 is 0. The highest BCUT2D eigenvalue weighted by Crippen LogP contribution is 2.31. The first-order chi connectivity index (χ1) is 8.81. The monoisotopic (exact) mass is 241 g/mol. The van der Waals surface area contributed by atoms with Crippen molar-refractivity contribution in [3.8, 4) is 0 Å². The molecule has 0 saturated heterocycles. The van der Waals surface area contributed by atoms with Crippen LogP contribution >= 0.6 is 0 Å². The fraction of sp³-hybridized carbons (Fsp3) is 0.286. The lowest BCUT2D eigenvalue weighted by Crippen LogP contribution is -2.28. The number of hydrogen-bond acceptors (Lipinski definition) is 3. The van der Waals surface area contributed by atoms with Gasteiger partial charge in [0, 0.05) is 31.2 Å². The van der Waals surface area contributed by atoms with Crippen LogP contribution in [0.3, 0.4) is 0 Å². The van der Waals surface area contributed by atoms with E-state index in [0.717, 1.165) is 18.7 Å². The highest BCUT2D eigenvalue weighted by atomic mass is 16.1. The molecule has 0 atom stereocenters. The number of fused-ring (bicyclic) bond motifs is 1. The molecule has 92 valence electrons. The normalized spacial score (nSPS) is 13.7. The van der Waals surface area contributed by atoms with E-state index in [9.17, 15) is 4.79 Å². The van der Waals surface area contributed by atoms with Gasteiger partial charge in [-0.25, -0.2) is 4.98 Å². The Balaban J connectivity index is 2.11. The molecule has 0 N–H and O–H groups in total. The number of aryl methyl sites for hydroxylation is 1. The van der Waals surface area contributed by atoms with Crippen molar-refractivity contribution in [3.63, 3.8) is 0 Å². The van der Waals surface area contributed by atoms with Gasteiger partial charge < -0.3 is 9.47 Å². The highest BCUT2D eigenvalue weighted by molar-refractivity contribution is 5.66. The summed E-state index contributed by atoms with van der Waals surface area (Å²) in [5.74, 6) is 0.532. The van der Waals surface area contributed by atoms with Crippen LogP contribution in [0.4, 0.5) is 11.5 Å². The molecule has 0 saturated carbocycles. The first kappa shape index (κ1) is 11.0. The second-order valence-corrected chi connectivity index (χ2v) is 4.37. The number of aromatic nitrogens is 2. The average molecular weight is 241 g/mol. The summed E-state index contributed by atoms with van der Waals surface area (Å²) < 4.78 is 1.68. The van der Waals surface area contributed by atoms with Gasteiger partial charge in [-0.3, -0.25) is 4.79 Å². The second kappa shape index (κ2) is 4.29. The molecule has 0 fully saturated rings. The third-order valence-electron chi connectivity index (χ3n) is 3.38. The van der Waals surface area contributed by atoms with Gasteiger partial charge in [0.1, 0.15) is 0 Å². The van der Waals surface area contributed by atoms with Crippen LogP contribution in [0, 0.1) is 0 Å². The van der Waals surface area contributed by atoms with E-state index in [0.29, 0.717) is 12.4 Å². The van der Waals surface area contributed by atoms with Gasteiger partial charge in [0.15, 0.2) is 5.82 Å². The number of hydrogen-bond donors (Lipinski definition) is 0. The second-order valence-electron chi connectivity index (χ2n) is 4.37. The number of rotatable bonds is 2. The smallest absolute Gasteiger partial charge is 0.293 e. The number of anilines is 2. The maximum absolute atomic E-state index is 12.3. The highest BCUT2D eigenvalue weighted by Gasteiger charge is 2.23. The van der Waals surface area contributed by atoms with Gasteiger partial charge >= 0.3 is 0 Å². The molecular weight excluding hydrogens is 226 g/mol. The zero-order chi connectivity index (χ0) is 12.5. The molecule has 0 amide bonds. The van der Waals surface area contributed by atoms with Crippen molar-refractivity contribution < 1.29 is 0 Å². The third-order valence-corrected chi connectivity index (χ3v) is 3.38. The van der Waals surface area contributed by atoms with Crippen LogP contribution in [0.5, 0.6) is 0 Å². The molecule has 0 aliphatic carbocycles. The number of nitrogens with zero attached hydrogens (tertiary/aromatic N) is 3. The maximum atomic E-state index is 12.3. The summed E-state index contributed by atoms with van der Waals surface area (Å²) in [6, 6.07) is 8.19. The molecule has 0 bridgehead atoms. The lowest BCUT2D eigenvalue weighted by Gasteiger charge is -2.18. The molecule has 3 rings (SSSR count). The van der Waals surface area contributed by atoms with Crippen LogP contribution in [0.2, 0.25) is 0 Å². The van der Waals surface area contributed by atoms with Gasteiger partial charge in [0.05, 0.1) is 0 Å². The van der Waals surface area contributed by atoms with Crippen molar-refractivity contribution >= 4 is 11.5 Å². The quantitative estimate of drug-likeness (QED) is 0.806. The van der Waals surface area contributed by atoms with Gasteiger partial charge in [0.2, 0.25) is 0 Å². The van der Waals surface area contributed by atoms with E-state index in [1.165, 1.54) is 5.56 Å². The van der Waals surface area contributed by atoms with Crippen molar-refractivity contribution in [2.45, 2.75) is 19.9 Å². The van der Waals surface area contributed by atoms with E-state index in [2.05, 4.69) is 11.1 Å². The summed E-state index contributed by atoms with van der Waals surface area (Å²) in [6.07, 6.45) is 4.40. The summed E-state index contributed by atoms with van der Waals surface area (Å²) in [5, 5.41) is 0. The Hall–Kier alpha value is -2.10. The summed E-state index contributed by atoms with van der Waals surface area (Å²) in [5.41, 5.74) is 2.37. The molecule has 0 spiro atoms. The Morgan fingerprint density at radius 1 is 1.33 bits per heavy atom. The minimum absolute atomic E-state index is 0.0169. The van der Waals surface area contributed by atoms with Crippen LogP contribution in [0.15, 0.2) is 41.5 Å². The molecule has 4 heteroatoms. The Labute approximate surface area is 106 Å². The largest absolute Gasteiger partial charge is 0.321 e. The summed E-state index contributed by atoms with van der Waals surface area (Å²) in [6.45, 7) is 3.46. The molecule has 1 aliphatic heterocycles. The molecule has 1 aliphatic rings. The van der Waals surface area contributed by atoms with E-state index in [1.807, 2.05) is 30.0 Å². The Morgan fingerprint density at radius 2 is 2.17 bits per heavy atom. The van der Waals surface area contributed by atoms with E-state index < -0.39 is 0 Å². The predicted octanol–water partition coefficient (Wildman–Crippen LogP) is 1.96. The first-order valence-corrected chi connectivity index (χ1v) is 6.22. The Kier molecular flexibility index (Phi) is 2.63. The predicted molar refractivity (Wildman–Crippen MR) is 71.3 cm³/mol. The van der Waals surface area contributed by atoms with E-state index in [1.54, 1.807) is 17.0 Å². The van der Waals surface area contributed by atoms with Crippen LogP contribution in [-0.2, 0) is 13.0 Å². The molecule has 2 aromatic rings. The fourth-order valence-corrected chi connectivity index (χ4v) is 2.43. The van der Waals surface area contributed by atoms with Crippen molar-refractivity contribution in [2.75, 3.05) is 11.4 Å². The molecular formula is C14H15N3O. The van der Waals surface area contributed by atoms with Crippen LogP contribution in [-0.4, -0.2) is 16.1 Å². The molecule has 1 aromatic carbocycles. The van der Waals surface area contributed by atoms with Crippen LogP contribution in [0.25, 0.3) is 0 Å². The number of para-hydroxylation sites is 1. The van der Waals surface area contributed by atoms with Crippen molar-refractivity contribution in [3.05, 3.63) is 52.6 Å². The lowest BCUT2D eigenvalue weighted by molar-refractivity contribution is 0.714. The van der Waals surface area contributed by atoms with Crippen molar-refractivity contribution in [2.24, 2.45) is 0 Å². The molecule has 2 heterocycles. The van der Waals surface area contributed by atoms with Crippen LogP contribution in [0.1, 0.15) is 12.5 Å². The molecule has 0 unspecified atom stereocenters. The van der Waals surface area contributed by atoms with Gasteiger partial charge in [0.25, 0.3) is 5.56 Å². The maximum Gasteiger partial charge on any atom is 0.293 e.